The standard InChI is InChI=1S/C15H18N4O/c1-11-13(18-10-17-11)9-16-12-5-2-3-6-14(12)19-8-4-7-15(19)20/h2-3,5-6,10,16H,4,7-9H2,1H3,(H,17,18). The van der Waals surface area contributed by atoms with Gasteiger partial charge in [-0.25, -0.2) is 4.98 Å². The summed E-state index contributed by atoms with van der Waals surface area (Å²) < 4.78 is 0. The molecular weight excluding hydrogens is 252 g/mol. The van der Waals surface area contributed by atoms with Gasteiger partial charge in [-0.3, -0.25) is 4.79 Å². The fourth-order valence-corrected chi connectivity index (χ4v) is 2.51. The maximum Gasteiger partial charge on any atom is 0.227 e. The molecule has 1 aliphatic heterocycles. The quantitative estimate of drug-likeness (QED) is 0.897. The van der Waals surface area contributed by atoms with Crippen molar-refractivity contribution in [2.24, 2.45) is 0 Å². The van der Waals surface area contributed by atoms with Gasteiger partial charge in [-0.1, -0.05) is 12.1 Å². The number of amides is 1. The van der Waals surface area contributed by atoms with Crippen LogP contribution >= 0.6 is 0 Å². The van der Waals surface area contributed by atoms with E-state index in [4.69, 9.17) is 0 Å². The van der Waals surface area contributed by atoms with Gasteiger partial charge in [0.15, 0.2) is 0 Å². The number of aromatic amines is 1. The Bertz CT molecular complexity index is 620. The van der Waals surface area contributed by atoms with Gasteiger partial charge in [0.05, 0.1) is 29.9 Å². The molecule has 1 aromatic heterocycles. The Morgan fingerprint density at radius 2 is 2.25 bits per heavy atom. The molecule has 0 spiro atoms. The molecule has 2 heterocycles. The number of imidazole rings is 1. The topological polar surface area (TPSA) is 61.0 Å². The lowest BCUT2D eigenvalue weighted by molar-refractivity contribution is -0.117. The summed E-state index contributed by atoms with van der Waals surface area (Å²) in [5.74, 6) is 0.204. The molecule has 2 N–H and O–H groups in total. The number of aryl methyl sites for hydroxylation is 1. The Labute approximate surface area is 118 Å². The van der Waals surface area contributed by atoms with Crippen molar-refractivity contribution in [1.29, 1.82) is 0 Å². The molecular formula is C15H18N4O. The molecule has 0 radical (unpaired) electrons. The van der Waals surface area contributed by atoms with E-state index >= 15 is 0 Å². The van der Waals surface area contributed by atoms with Crippen LogP contribution in [-0.4, -0.2) is 22.4 Å². The SMILES string of the molecule is Cc1[nH]cnc1CNc1ccccc1N1CCCC1=O. The van der Waals surface area contributed by atoms with Gasteiger partial charge in [0, 0.05) is 18.7 Å². The minimum Gasteiger partial charge on any atom is -0.378 e. The summed E-state index contributed by atoms with van der Waals surface area (Å²) in [6.45, 7) is 3.45. The highest BCUT2D eigenvalue weighted by molar-refractivity contribution is 5.98. The van der Waals surface area contributed by atoms with Gasteiger partial charge >= 0.3 is 0 Å². The van der Waals surface area contributed by atoms with E-state index in [-0.39, 0.29) is 5.91 Å². The first kappa shape index (κ1) is 12.7. The van der Waals surface area contributed by atoms with Crippen LogP contribution in [0.1, 0.15) is 24.2 Å². The number of carbonyl (C=O) groups excluding carboxylic acids is 1. The molecule has 104 valence electrons. The number of para-hydroxylation sites is 2. The maximum atomic E-state index is 11.9. The highest BCUT2D eigenvalue weighted by atomic mass is 16.2. The van der Waals surface area contributed by atoms with E-state index in [0.717, 1.165) is 35.7 Å². The first-order valence-electron chi connectivity index (χ1n) is 6.88. The van der Waals surface area contributed by atoms with E-state index in [1.54, 1.807) is 6.33 Å². The van der Waals surface area contributed by atoms with Crippen molar-refractivity contribution in [3.63, 3.8) is 0 Å². The third kappa shape index (κ3) is 2.39. The number of hydrogen-bond donors (Lipinski definition) is 2. The molecule has 0 unspecified atom stereocenters. The molecule has 0 atom stereocenters. The van der Waals surface area contributed by atoms with Crippen LogP contribution in [0, 0.1) is 6.92 Å². The number of nitrogens with zero attached hydrogens (tertiary/aromatic N) is 2. The first-order chi connectivity index (χ1) is 9.75. The fraction of sp³-hybridized carbons (Fsp3) is 0.333. The van der Waals surface area contributed by atoms with Crippen LogP contribution in [0.3, 0.4) is 0 Å². The first-order valence-corrected chi connectivity index (χ1v) is 6.88. The van der Waals surface area contributed by atoms with Gasteiger partial charge < -0.3 is 15.2 Å². The lowest BCUT2D eigenvalue weighted by Crippen LogP contribution is -2.24. The van der Waals surface area contributed by atoms with Crippen molar-refractivity contribution in [1.82, 2.24) is 9.97 Å². The van der Waals surface area contributed by atoms with Crippen LogP contribution in [0.5, 0.6) is 0 Å². The van der Waals surface area contributed by atoms with Gasteiger partial charge in [0.1, 0.15) is 0 Å². The minimum absolute atomic E-state index is 0.204. The molecule has 2 aromatic rings. The average Bonchev–Trinajstić information content (AvgIpc) is 3.06. The van der Waals surface area contributed by atoms with E-state index in [9.17, 15) is 4.79 Å². The molecule has 5 nitrogen and oxygen atoms in total. The number of benzene rings is 1. The molecule has 5 heteroatoms. The minimum atomic E-state index is 0.204. The van der Waals surface area contributed by atoms with Gasteiger partial charge in [0.2, 0.25) is 5.91 Å². The molecule has 0 aliphatic carbocycles. The maximum absolute atomic E-state index is 11.9. The smallest absolute Gasteiger partial charge is 0.227 e. The molecule has 20 heavy (non-hydrogen) atoms. The van der Waals surface area contributed by atoms with Crippen molar-refractivity contribution >= 4 is 17.3 Å². The molecule has 0 saturated carbocycles. The van der Waals surface area contributed by atoms with E-state index < -0.39 is 0 Å². The van der Waals surface area contributed by atoms with Gasteiger partial charge in [-0.05, 0) is 25.5 Å². The molecule has 1 amide bonds. The van der Waals surface area contributed by atoms with Crippen LogP contribution in [0.15, 0.2) is 30.6 Å². The van der Waals surface area contributed by atoms with Crippen molar-refractivity contribution in [3.05, 3.63) is 42.0 Å². The highest BCUT2D eigenvalue weighted by Gasteiger charge is 2.23. The fourth-order valence-electron chi connectivity index (χ4n) is 2.51. The summed E-state index contributed by atoms with van der Waals surface area (Å²) in [6, 6.07) is 7.93. The van der Waals surface area contributed by atoms with Crippen LogP contribution in [0.25, 0.3) is 0 Å². The predicted octanol–water partition coefficient (Wildman–Crippen LogP) is 2.46. The molecule has 1 saturated heterocycles. The van der Waals surface area contributed by atoms with E-state index in [1.807, 2.05) is 36.1 Å². The van der Waals surface area contributed by atoms with Gasteiger partial charge in [-0.15, -0.1) is 0 Å². The molecule has 3 rings (SSSR count). The number of rotatable bonds is 4. The Morgan fingerprint density at radius 3 is 2.95 bits per heavy atom. The summed E-state index contributed by atoms with van der Waals surface area (Å²) in [4.78, 5) is 21.1. The zero-order valence-electron chi connectivity index (χ0n) is 11.5. The third-order valence-electron chi connectivity index (χ3n) is 3.65. The summed E-state index contributed by atoms with van der Waals surface area (Å²) >= 11 is 0. The van der Waals surface area contributed by atoms with Crippen LogP contribution in [-0.2, 0) is 11.3 Å². The summed E-state index contributed by atoms with van der Waals surface area (Å²) in [7, 11) is 0. The molecule has 1 fully saturated rings. The number of nitrogens with one attached hydrogen (secondary N) is 2. The van der Waals surface area contributed by atoms with Crippen LogP contribution in [0.2, 0.25) is 0 Å². The monoisotopic (exact) mass is 270 g/mol. The number of H-pyrrole nitrogens is 1. The van der Waals surface area contributed by atoms with E-state index in [0.29, 0.717) is 13.0 Å². The van der Waals surface area contributed by atoms with E-state index in [2.05, 4.69) is 15.3 Å². The largest absolute Gasteiger partial charge is 0.378 e. The number of aromatic nitrogens is 2. The lowest BCUT2D eigenvalue weighted by atomic mass is 10.2. The number of hydrogen-bond acceptors (Lipinski definition) is 3. The predicted molar refractivity (Wildman–Crippen MR) is 78.7 cm³/mol. The normalized spacial score (nSPS) is 14.8. The zero-order valence-corrected chi connectivity index (χ0v) is 11.5. The summed E-state index contributed by atoms with van der Waals surface area (Å²) in [5, 5.41) is 3.38. The van der Waals surface area contributed by atoms with Gasteiger partial charge in [0.25, 0.3) is 0 Å². The Kier molecular flexibility index (Phi) is 3.41. The van der Waals surface area contributed by atoms with Gasteiger partial charge in [-0.2, -0.15) is 0 Å². The average molecular weight is 270 g/mol. The van der Waals surface area contributed by atoms with Crippen molar-refractivity contribution in [2.75, 3.05) is 16.8 Å². The highest BCUT2D eigenvalue weighted by Crippen LogP contribution is 2.29. The second-order valence-electron chi connectivity index (χ2n) is 4.99. The van der Waals surface area contributed by atoms with Crippen LogP contribution in [0.4, 0.5) is 11.4 Å². The summed E-state index contributed by atoms with van der Waals surface area (Å²) in [5.41, 5.74) is 3.99. The number of anilines is 2. The Hall–Kier alpha value is -2.30. The Balaban J connectivity index is 1.79. The van der Waals surface area contributed by atoms with Crippen molar-refractivity contribution in [3.8, 4) is 0 Å². The second-order valence-corrected chi connectivity index (χ2v) is 4.99. The summed E-state index contributed by atoms with van der Waals surface area (Å²) in [6.07, 6.45) is 3.28. The second kappa shape index (κ2) is 5.36. The number of carbonyl (C=O) groups is 1. The molecule has 1 aromatic carbocycles. The molecule has 1 aliphatic rings. The van der Waals surface area contributed by atoms with E-state index in [1.165, 1.54) is 0 Å². The van der Waals surface area contributed by atoms with Crippen molar-refractivity contribution < 1.29 is 4.79 Å². The van der Waals surface area contributed by atoms with Crippen molar-refractivity contribution in [2.45, 2.75) is 26.3 Å². The third-order valence-corrected chi connectivity index (χ3v) is 3.65. The zero-order chi connectivity index (χ0) is 13.9. The lowest BCUT2D eigenvalue weighted by Gasteiger charge is -2.20. The molecule has 0 bridgehead atoms. The van der Waals surface area contributed by atoms with Crippen LogP contribution < -0.4 is 10.2 Å². The Morgan fingerprint density at radius 1 is 1.40 bits per heavy atom.